The van der Waals surface area contributed by atoms with Gasteiger partial charge in [-0.15, -0.1) is 0 Å². The van der Waals surface area contributed by atoms with E-state index in [0.717, 1.165) is 18.5 Å². The molecule has 0 fully saturated rings. The Hall–Kier alpha value is -2.62. The zero-order chi connectivity index (χ0) is 19.2. The second-order valence-electron chi connectivity index (χ2n) is 7.47. The Kier molecular flexibility index (Phi) is 6.56. The first kappa shape index (κ1) is 19.7. The van der Waals surface area contributed by atoms with Gasteiger partial charge >= 0.3 is 0 Å². The Morgan fingerprint density at radius 2 is 1.54 bits per heavy atom. The Labute approximate surface area is 156 Å². The number of anilines is 1. The van der Waals surface area contributed by atoms with Crippen LogP contribution in [0.5, 0.6) is 0 Å². The minimum Gasteiger partial charge on any atom is -0.352 e. The molecule has 0 radical (unpaired) electrons. The van der Waals surface area contributed by atoms with E-state index in [0.29, 0.717) is 17.7 Å². The van der Waals surface area contributed by atoms with Crippen LogP contribution in [0.15, 0.2) is 48.5 Å². The maximum absolute atomic E-state index is 12.5. The van der Waals surface area contributed by atoms with Crippen molar-refractivity contribution in [1.82, 2.24) is 5.32 Å². The molecule has 4 nitrogen and oxygen atoms in total. The predicted octanol–water partition coefficient (Wildman–Crippen LogP) is 4.77. The standard InChI is InChI=1S/C22H28N2O2/c1-5-6-14-23-20(25)16-8-7-9-17(15-16)21(26)24-19-12-10-18(11-13-19)22(2,3)4/h7-13,15H,5-6,14H2,1-4H3,(H,23,25)(H,24,26). The number of hydrogen-bond acceptors (Lipinski definition) is 2. The van der Waals surface area contributed by atoms with Crippen molar-refractivity contribution in [3.05, 3.63) is 65.2 Å². The van der Waals surface area contributed by atoms with Crippen LogP contribution in [0.3, 0.4) is 0 Å². The van der Waals surface area contributed by atoms with Crippen molar-refractivity contribution in [2.45, 2.75) is 46.0 Å². The molecule has 0 aliphatic carbocycles. The number of carbonyl (C=O) groups is 2. The molecule has 0 aromatic heterocycles. The Morgan fingerprint density at radius 1 is 0.923 bits per heavy atom. The number of rotatable bonds is 6. The largest absolute Gasteiger partial charge is 0.352 e. The summed E-state index contributed by atoms with van der Waals surface area (Å²) in [4.78, 5) is 24.6. The summed E-state index contributed by atoms with van der Waals surface area (Å²) in [5.74, 6) is -0.376. The van der Waals surface area contributed by atoms with Crippen LogP contribution in [-0.4, -0.2) is 18.4 Å². The third-order valence-corrected chi connectivity index (χ3v) is 4.21. The fourth-order valence-electron chi connectivity index (χ4n) is 2.54. The smallest absolute Gasteiger partial charge is 0.255 e. The monoisotopic (exact) mass is 352 g/mol. The summed E-state index contributed by atoms with van der Waals surface area (Å²) < 4.78 is 0. The molecule has 2 rings (SSSR count). The quantitative estimate of drug-likeness (QED) is 0.736. The number of benzene rings is 2. The lowest BCUT2D eigenvalue weighted by atomic mass is 9.87. The highest BCUT2D eigenvalue weighted by Crippen LogP contribution is 2.23. The van der Waals surface area contributed by atoms with Crippen LogP contribution in [0.1, 0.15) is 66.8 Å². The van der Waals surface area contributed by atoms with Gasteiger partial charge in [0.1, 0.15) is 0 Å². The molecule has 0 unspecified atom stereocenters. The van der Waals surface area contributed by atoms with E-state index >= 15 is 0 Å². The van der Waals surface area contributed by atoms with Crippen molar-refractivity contribution in [2.75, 3.05) is 11.9 Å². The highest BCUT2D eigenvalue weighted by Gasteiger charge is 2.14. The van der Waals surface area contributed by atoms with E-state index in [9.17, 15) is 9.59 Å². The first-order valence-corrected chi connectivity index (χ1v) is 9.11. The molecule has 2 aromatic carbocycles. The van der Waals surface area contributed by atoms with Gasteiger partial charge in [-0.3, -0.25) is 9.59 Å². The van der Waals surface area contributed by atoms with Crippen molar-refractivity contribution in [1.29, 1.82) is 0 Å². The minimum absolute atomic E-state index is 0.0714. The molecule has 138 valence electrons. The molecule has 0 aliphatic rings. The summed E-state index contributed by atoms with van der Waals surface area (Å²) in [5.41, 5.74) is 2.98. The summed E-state index contributed by atoms with van der Waals surface area (Å²) in [6, 6.07) is 14.6. The normalized spacial score (nSPS) is 11.1. The number of amides is 2. The topological polar surface area (TPSA) is 58.2 Å². The molecule has 0 saturated carbocycles. The second kappa shape index (κ2) is 8.65. The number of nitrogens with one attached hydrogen (secondary N) is 2. The lowest BCUT2D eigenvalue weighted by Gasteiger charge is -2.19. The molecule has 0 bridgehead atoms. The SMILES string of the molecule is CCCCNC(=O)c1cccc(C(=O)Nc2ccc(C(C)(C)C)cc2)c1. The van der Waals surface area contributed by atoms with Crippen molar-refractivity contribution in [3.8, 4) is 0 Å². The first-order chi connectivity index (χ1) is 12.3. The third kappa shape index (κ3) is 5.45. The Morgan fingerprint density at radius 3 is 2.12 bits per heavy atom. The second-order valence-corrected chi connectivity index (χ2v) is 7.47. The van der Waals surface area contributed by atoms with Gasteiger partial charge in [-0.25, -0.2) is 0 Å². The van der Waals surface area contributed by atoms with Gasteiger partial charge in [-0.2, -0.15) is 0 Å². The van der Waals surface area contributed by atoms with Crippen LogP contribution >= 0.6 is 0 Å². The maximum Gasteiger partial charge on any atom is 0.255 e. The molecule has 2 aromatic rings. The summed E-state index contributed by atoms with van der Waals surface area (Å²) in [6.07, 6.45) is 1.97. The average molecular weight is 352 g/mol. The van der Waals surface area contributed by atoms with Gasteiger partial charge in [0, 0.05) is 23.4 Å². The van der Waals surface area contributed by atoms with E-state index < -0.39 is 0 Å². The highest BCUT2D eigenvalue weighted by atomic mass is 16.2. The van der Waals surface area contributed by atoms with Crippen LogP contribution in [0.4, 0.5) is 5.69 Å². The predicted molar refractivity (Wildman–Crippen MR) is 107 cm³/mol. The molecule has 4 heteroatoms. The summed E-state index contributed by atoms with van der Waals surface area (Å²) in [7, 11) is 0. The Bertz CT molecular complexity index is 758. The maximum atomic E-state index is 12.5. The lowest BCUT2D eigenvalue weighted by Crippen LogP contribution is -2.24. The van der Waals surface area contributed by atoms with Crippen LogP contribution in [0.25, 0.3) is 0 Å². The van der Waals surface area contributed by atoms with E-state index in [2.05, 4.69) is 38.3 Å². The summed E-state index contributed by atoms with van der Waals surface area (Å²) in [6.45, 7) is 9.17. The summed E-state index contributed by atoms with van der Waals surface area (Å²) >= 11 is 0. The van der Waals surface area contributed by atoms with E-state index in [4.69, 9.17) is 0 Å². The van der Waals surface area contributed by atoms with Gasteiger partial charge in [0.25, 0.3) is 11.8 Å². The zero-order valence-corrected chi connectivity index (χ0v) is 16.1. The molecule has 2 amide bonds. The van der Waals surface area contributed by atoms with Gasteiger partial charge < -0.3 is 10.6 Å². The van der Waals surface area contributed by atoms with Crippen LogP contribution in [0, 0.1) is 0 Å². The van der Waals surface area contributed by atoms with Crippen molar-refractivity contribution in [2.24, 2.45) is 0 Å². The molecule has 0 atom stereocenters. The van der Waals surface area contributed by atoms with Crippen molar-refractivity contribution >= 4 is 17.5 Å². The van der Waals surface area contributed by atoms with E-state index in [1.54, 1.807) is 24.3 Å². The van der Waals surface area contributed by atoms with Crippen molar-refractivity contribution < 1.29 is 9.59 Å². The molecule has 2 N–H and O–H groups in total. The fourth-order valence-corrected chi connectivity index (χ4v) is 2.54. The molecule has 0 spiro atoms. The van der Waals surface area contributed by atoms with Gasteiger partial charge in [0.05, 0.1) is 0 Å². The van der Waals surface area contributed by atoms with Gasteiger partial charge in [0.15, 0.2) is 0 Å². The zero-order valence-electron chi connectivity index (χ0n) is 16.1. The molecule has 0 saturated heterocycles. The lowest BCUT2D eigenvalue weighted by molar-refractivity contribution is 0.0953. The molecule has 0 heterocycles. The van der Waals surface area contributed by atoms with Gasteiger partial charge in [-0.05, 0) is 47.7 Å². The van der Waals surface area contributed by atoms with E-state index in [-0.39, 0.29) is 17.2 Å². The van der Waals surface area contributed by atoms with Crippen LogP contribution in [-0.2, 0) is 5.41 Å². The van der Waals surface area contributed by atoms with Gasteiger partial charge in [0.2, 0.25) is 0 Å². The third-order valence-electron chi connectivity index (χ3n) is 4.21. The summed E-state index contributed by atoms with van der Waals surface area (Å²) in [5, 5.41) is 5.75. The molecular weight excluding hydrogens is 324 g/mol. The van der Waals surface area contributed by atoms with E-state index in [1.165, 1.54) is 5.56 Å². The minimum atomic E-state index is -0.225. The highest BCUT2D eigenvalue weighted by molar-refractivity contribution is 6.06. The number of hydrogen-bond donors (Lipinski definition) is 2. The van der Waals surface area contributed by atoms with Crippen LogP contribution in [0.2, 0.25) is 0 Å². The van der Waals surface area contributed by atoms with E-state index in [1.807, 2.05) is 24.3 Å². The Balaban J connectivity index is 2.05. The van der Waals surface area contributed by atoms with Gasteiger partial charge in [-0.1, -0.05) is 52.3 Å². The van der Waals surface area contributed by atoms with Crippen molar-refractivity contribution in [3.63, 3.8) is 0 Å². The number of carbonyl (C=O) groups excluding carboxylic acids is 2. The molecular formula is C22H28N2O2. The molecule has 26 heavy (non-hydrogen) atoms. The molecule has 0 aliphatic heterocycles. The average Bonchev–Trinajstić information content (AvgIpc) is 2.61. The van der Waals surface area contributed by atoms with Crippen LogP contribution < -0.4 is 10.6 Å². The first-order valence-electron chi connectivity index (χ1n) is 9.11. The fraction of sp³-hybridized carbons (Fsp3) is 0.364. The number of unbranched alkanes of at least 4 members (excludes halogenated alkanes) is 1.